The summed E-state index contributed by atoms with van der Waals surface area (Å²) in [5.41, 5.74) is 1.90. The van der Waals surface area contributed by atoms with E-state index in [1.54, 1.807) is 32.0 Å². The maximum Gasteiger partial charge on any atom is 0.263 e. The number of nitrogens with zero attached hydrogens (tertiary/aromatic N) is 2. The van der Waals surface area contributed by atoms with Gasteiger partial charge in [0.25, 0.3) is 5.56 Å². The first kappa shape index (κ1) is 15.0. The third-order valence-electron chi connectivity index (χ3n) is 3.81. The minimum Gasteiger partial charge on any atom is -0.343 e. The van der Waals surface area contributed by atoms with Gasteiger partial charge in [-0.25, -0.2) is 4.98 Å². The van der Waals surface area contributed by atoms with Crippen LogP contribution in [-0.2, 0) is 4.79 Å². The van der Waals surface area contributed by atoms with Crippen molar-refractivity contribution in [3.63, 3.8) is 0 Å². The Morgan fingerprint density at radius 3 is 2.65 bits per heavy atom. The summed E-state index contributed by atoms with van der Waals surface area (Å²) >= 11 is 0. The fourth-order valence-corrected chi connectivity index (χ4v) is 2.66. The molecule has 2 aromatic heterocycles. The molecule has 0 aliphatic carbocycles. The Kier molecular flexibility index (Phi) is 3.73. The lowest BCUT2D eigenvalue weighted by molar-refractivity contribution is -0.118. The molecule has 0 aliphatic rings. The second-order valence-electron chi connectivity index (χ2n) is 5.58. The van der Waals surface area contributed by atoms with E-state index in [2.05, 4.69) is 15.3 Å². The number of hydrogen-bond acceptors (Lipinski definition) is 3. The summed E-state index contributed by atoms with van der Waals surface area (Å²) in [5, 5.41) is 3.31. The highest BCUT2D eigenvalue weighted by Crippen LogP contribution is 2.15. The summed E-state index contributed by atoms with van der Waals surface area (Å²) in [6.07, 6.45) is 0. The summed E-state index contributed by atoms with van der Waals surface area (Å²) < 4.78 is 1.42. The van der Waals surface area contributed by atoms with Crippen molar-refractivity contribution < 1.29 is 4.79 Å². The number of amides is 1. The highest BCUT2D eigenvalue weighted by molar-refractivity contribution is 5.93. The van der Waals surface area contributed by atoms with Gasteiger partial charge in [-0.3, -0.25) is 14.2 Å². The molecule has 1 unspecified atom stereocenters. The fourth-order valence-electron chi connectivity index (χ4n) is 2.66. The third kappa shape index (κ3) is 2.75. The predicted molar refractivity (Wildman–Crippen MR) is 89.6 cm³/mol. The molecule has 0 saturated carbocycles. The molecule has 3 aromatic rings. The van der Waals surface area contributed by atoms with Crippen LogP contribution in [0.5, 0.6) is 0 Å². The molecule has 1 amide bonds. The van der Waals surface area contributed by atoms with Crippen molar-refractivity contribution in [2.75, 3.05) is 5.32 Å². The minimum absolute atomic E-state index is 0.215. The van der Waals surface area contributed by atoms with Gasteiger partial charge in [-0.05, 0) is 39.0 Å². The predicted octanol–water partition coefficient (Wildman–Crippen LogP) is 2.54. The monoisotopic (exact) mass is 310 g/mol. The van der Waals surface area contributed by atoms with Gasteiger partial charge in [-0.2, -0.15) is 0 Å². The van der Waals surface area contributed by atoms with Gasteiger partial charge in [-0.15, -0.1) is 0 Å². The zero-order chi connectivity index (χ0) is 16.6. The second-order valence-corrected chi connectivity index (χ2v) is 5.58. The van der Waals surface area contributed by atoms with E-state index in [1.807, 2.05) is 25.1 Å². The summed E-state index contributed by atoms with van der Waals surface area (Å²) in [6.45, 7) is 5.29. The molecule has 3 rings (SSSR count). The van der Waals surface area contributed by atoms with Gasteiger partial charge in [0.15, 0.2) is 0 Å². The number of carbonyl (C=O) groups excluding carboxylic acids is 1. The number of benzene rings is 1. The molecule has 0 spiro atoms. The number of rotatable bonds is 3. The number of carbonyl (C=O) groups is 1. The lowest BCUT2D eigenvalue weighted by atomic mass is 10.2. The Morgan fingerprint density at radius 2 is 1.96 bits per heavy atom. The Balaban J connectivity index is 1.98. The average molecular weight is 310 g/mol. The summed E-state index contributed by atoms with van der Waals surface area (Å²) in [5.74, 6) is 0.245. The van der Waals surface area contributed by atoms with E-state index in [9.17, 15) is 9.59 Å². The Bertz CT molecular complexity index is 925. The van der Waals surface area contributed by atoms with Crippen LogP contribution in [0.1, 0.15) is 24.5 Å². The van der Waals surface area contributed by atoms with Gasteiger partial charge in [0.05, 0.1) is 5.39 Å². The quantitative estimate of drug-likeness (QED) is 0.780. The van der Waals surface area contributed by atoms with Crippen molar-refractivity contribution in [2.24, 2.45) is 0 Å². The van der Waals surface area contributed by atoms with Gasteiger partial charge in [-0.1, -0.05) is 18.2 Å². The minimum atomic E-state index is -0.658. The van der Waals surface area contributed by atoms with Crippen LogP contribution in [0.4, 0.5) is 5.69 Å². The van der Waals surface area contributed by atoms with E-state index in [1.165, 1.54) is 4.57 Å². The molecular formula is C17H18N4O2. The molecule has 1 atom stereocenters. The largest absolute Gasteiger partial charge is 0.343 e. The summed E-state index contributed by atoms with van der Waals surface area (Å²) in [7, 11) is 0. The molecule has 0 radical (unpaired) electrons. The van der Waals surface area contributed by atoms with Gasteiger partial charge >= 0.3 is 0 Å². The van der Waals surface area contributed by atoms with Crippen molar-refractivity contribution >= 4 is 22.6 Å². The average Bonchev–Trinajstić information content (AvgIpc) is 2.88. The van der Waals surface area contributed by atoms with Crippen LogP contribution in [0, 0.1) is 13.8 Å². The number of aryl methyl sites for hydroxylation is 2. The third-order valence-corrected chi connectivity index (χ3v) is 3.81. The standard InChI is InChI=1S/C17H18N4O2/c1-10-9-14-15(18-10)19-12(3)21(17(14)23)11(2)16(22)20-13-7-5-4-6-8-13/h4-9,11,18H,1-3H3,(H,20,22). The number of H-pyrrole nitrogens is 1. The van der Waals surface area contributed by atoms with Crippen LogP contribution in [0.15, 0.2) is 41.2 Å². The molecule has 2 N–H and O–H groups in total. The number of nitrogens with one attached hydrogen (secondary N) is 2. The zero-order valence-corrected chi connectivity index (χ0v) is 13.3. The Labute approximate surface area is 133 Å². The maximum atomic E-state index is 12.7. The number of aromatic nitrogens is 3. The molecule has 1 aromatic carbocycles. The highest BCUT2D eigenvalue weighted by atomic mass is 16.2. The van der Waals surface area contributed by atoms with Gasteiger partial charge in [0.1, 0.15) is 17.5 Å². The first-order chi connectivity index (χ1) is 11.0. The summed E-state index contributed by atoms with van der Waals surface area (Å²) in [4.78, 5) is 32.6. The SMILES string of the molecule is Cc1cc2c(=O)n(C(C)C(=O)Nc3ccccc3)c(C)nc2[nH]1. The number of hydrogen-bond donors (Lipinski definition) is 2. The van der Waals surface area contributed by atoms with Crippen molar-refractivity contribution in [1.82, 2.24) is 14.5 Å². The normalized spacial score (nSPS) is 12.3. The number of aromatic amines is 1. The number of fused-ring (bicyclic) bond motifs is 1. The van der Waals surface area contributed by atoms with Crippen molar-refractivity contribution in [3.05, 3.63) is 58.3 Å². The van der Waals surface area contributed by atoms with Crippen molar-refractivity contribution in [2.45, 2.75) is 26.8 Å². The van der Waals surface area contributed by atoms with Crippen LogP contribution in [0.25, 0.3) is 11.0 Å². The zero-order valence-electron chi connectivity index (χ0n) is 13.3. The molecule has 23 heavy (non-hydrogen) atoms. The first-order valence-electron chi connectivity index (χ1n) is 7.41. The first-order valence-corrected chi connectivity index (χ1v) is 7.41. The molecule has 2 heterocycles. The smallest absolute Gasteiger partial charge is 0.263 e. The molecule has 0 aliphatic heterocycles. The van der Waals surface area contributed by atoms with Gasteiger partial charge in [0.2, 0.25) is 5.91 Å². The number of anilines is 1. The molecule has 118 valence electrons. The highest BCUT2D eigenvalue weighted by Gasteiger charge is 2.20. The van der Waals surface area contributed by atoms with E-state index < -0.39 is 6.04 Å². The van der Waals surface area contributed by atoms with E-state index in [-0.39, 0.29) is 11.5 Å². The summed E-state index contributed by atoms with van der Waals surface area (Å²) in [6, 6.07) is 10.3. The fraction of sp³-hybridized carbons (Fsp3) is 0.235. The van der Waals surface area contributed by atoms with E-state index in [0.717, 1.165) is 5.69 Å². The maximum absolute atomic E-state index is 12.7. The lowest BCUT2D eigenvalue weighted by Crippen LogP contribution is -2.33. The Morgan fingerprint density at radius 1 is 1.26 bits per heavy atom. The molecule has 6 nitrogen and oxygen atoms in total. The van der Waals surface area contributed by atoms with E-state index >= 15 is 0 Å². The number of para-hydroxylation sites is 1. The molecular weight excluding hydrogens is 292 g/mol. The van der Waals surface area contributed by atoms with E-state index in [0.29, 0.717) is 22.5 Å². The molecule has 0 bridgehead atoms. The van der Waals surface area contributed by atoms with Crippen molar-refractivity contribution in [1.29, 1.82) is 0 Å². The molecule has 0 saturated heterocycles. The second kappa shape index (κ2) is 5.72. The molecule has 0 fully saturated rings. The van der Waals surface area contributed by atoms with E-state index in [4.69, 9.17) is 0 Å². The van der Waals surface area contributed by atoms with Gasteiger partial charge in [0, 0.05) is 11.4 Å². The van der Waals surface area contributed by atoms with Crippen LogP contribution < -0.4 is 10.9 Å². The van der Waals surface area contributed by atoms with Crippen LogP contribution >= 0.6 is 0 Å². The van der Waals surface area contributed by atoms with Crippen LogP contribution in [0.2, 0.25) is 0 Å². The Hall–Kier alpha value is -2.89. The lowest BCUT2D eigenvalue weighted by Gasteiger charge is -2.17. The topological polar surface area (TPSA) is 79.8 Å². The molecule has 6 heteroatoms. The van der Waals surface area contributed by atoms with Crippen LogP contribution in [0.3, 0.4) is 0 Å². The van der Waals surface area contributed by atoms with Gasteiger partial charge < -0.3 is 10.3 Å². The van der Waals surface area contributed by atoms with Crippen molar-refractivity contribution in [3.8, 4) is 0 Å². The van der Waals surface area contributed by atoms with Crippen LogP contribution in [-0.4, -0.2) is 20.4 Å².